The van der Waals surface area contributed by atoms with Crippen LogP contribution in [0, 0.1) is 0 Å². The number of carboxylic acid groups (broad SMARTS) is 3. The molecule has 11 heteroatoms. The summed E-state index contributed by atoms with van der Waals surface area (Å²) in [7, 11) is 0. The van der Waals surface area contributed by atoms with Gasteiger partial charge in [0.15, 0.2) is 0 Å². The van der Waals surface area contributed by atoms with Crippen molar-refractivity contribution in [1.29, 1.82) is 0 Å². The SMILES string of the molecule is CCc1cc(CSCCC(NC(=O)NC(CCC(=O)O)C(=O)O)C(=O)O)ccn1. The van der Waals surface area contributed by atoms with Crippen LogP contribution in [0.2, 0.25) is 0 Å². The van der Waals surface area contributed by atoms with Crippen LogP contribution < -0.4 is 10.6 Å². The third-order valence-corrected chi connectivity index (χ3v) is 4.98. The number of carboxylic acids is 3. The normalized spacial score (nSPS) is 12.6. The Bertz CT molecular complexity index is 729. The van der Waals surface area contributed by atoms with Crippen molar-refractivity contribution >= 4 is 35.7 Å². The van der Waals surface area contributed by atoms with Gasteiger partial charge in [-0.3, -0.25) is 9.78 Å². The Morgan fingerprint density at radius 2 is 1.69 bits per heavy atom. The van der Waals surface area contributed by atoms with Gasteiger partial charge >= 0.3 is 23.9 Å². The molecule has 0 aromatic carbocycles. The number of rotatable bonds is 13. The maximum Gasteiger partial charge on any atom is 0.326 e. The zero-order valence-corrected chi connectivity index (χ0v) is 16.8. The van der Waals surface area contributed by atoms with Crippen molar-refractivity contribution in [3.05, 3.63) is 29.6 Å². The summed E-state index contributed by atoms with van der Waals surface area (Å²) >= 11 is 1.51. The highest BCUT2D eigenvalue weighted by atomic mass is 32.2. The first-order valence-corrected chi connectivity index (χ1v) is 10.1. The van der Waals surface area contributed by atoms with E-state index in [0.717, 1.165) is 17.7 Å². The predicted octanol–water partition coefficient (Wildman–Crippen LogP) is 1.34. The van der Waals surface area contributed by atoms with Gasteiger partial charge < -0.3 is 26.0 Å². The summed E-state index contributed by atoms with van der Waals surface area (Å²) in [5.74, 6) is -2.70. The minimum absolute atomic E-state index is 0.145. The van der Waals surface area contributed by atoms with Gasteiger partial charge in [-0.05, 0) is 42.7 Å². The van der Waals surface area contributed by atoms with Crippen molar-refractivity contribution in [2.24, 2.45) is 0 Å². The Balaban J connectivity index is 2.48. The lowest BCUT2D eigenvalue weighted by atomic mass is 10.1. The molecule has 2 unspecified atom stereocenters. The van der Waals surface area contributed by atoms with Gasteiger partial charge in [0.25, 0.3) is 0 Å². The first-order chi connectivity index (χ1) is 13.7. The number of amides is 2. The fraction of sp³-hybridized carbons (Fsp3) is 0.500. The number of pyridine rings is 1. The number of nitrogens with one attached hydrogen (secondary N) is 2. The minimum Gasteiger partial charge on any atom is -0.481 e. The largest absolute Gasteiger partial charge is 0.481 e. The van der Waals surface area contributed by atoms with Crippen LogP contribution >= 0.6 is 11.8 Å². The Morgan fingerprint density at radius 3 is 2.24 bits per heavy atom. The van der Waals surface area contributed by atoms with Crippen molar-refractivity contribution < 1.29 is 34.5 Å². The van der Waals surface area contributed by atoms with Crippen LogP contribution in [0.3, 0.4) is 0 Å². The molecule has 0 aliphatic heterocycles. The van der Waals surface area contributed by atoms with Gasteiger partial charge in [0, 0.05) is 24.1 Å². The summed E-state index contributed by atoms with van der Waals surface area (Å²) in [6.45, 7) is 2.00. The fourth-order valence-corrected chi connectivity index (χ4v) is 3.31. The van der Waals surface area contributed by atoms with Crippen molar-refractivity contribution in [2.75, 3.05) is 5.75 Å². The summed E-state index contributed by atoms with van der Waals surface area (Å²) in [6.07, 6.45) is 1.95. The number of urea groups is 1. The molecule has 0 spiro atoms. The number of carbonyl (C=O) groups is 4. The third-order valence-electron chi connectivity index (χ3n) is 3.92. The van der Waals surface area contributed by atoms with Crippen LogP contribution in [0.1, 0.15) is 37.4 Å². The van der Waals surface area contributed by atoms with E-state index in [4.69, 9.17) is 10.2 Å². The number of aryl methyl sites for hydroxylation is 1. The van der Waals surface area contributed by atoms with Crippen LogP contribution in [0.25, 0.3) is 0 Å². The van der Waals surface area contributed by atoms with E-state index in [1.807, 2.05) is 19.1 Å². The number of carbonyl (C=O) groups excluding carboxylic acids is 1. The molecular formula is C18H25N3O7S. The van der Waals surface area contributed by atoms with Gasteiger partial charge in [0.1, 0.15) is 12.1 Å². The molecular weight excluding hydrogens is 402 g/mol. The van der Waals surface area contributed by atoms with Crippen LogP contribution in [0.4, 0.5) is 4.79 Å². The van der Waals surface area contributed by atoms with Crippen LogP contribution in [-0.2, 0) is 26.6 Å². The molecule has 10 nitrogen and oxygen atoms in total. The number of hydrogen-bond acceptors (Lipinski definition) is 6. The molecule has 2 amide bonds. The van der Waals surface area contributed by atoms with E-state index >= 15 is 0 Å². The van der Waals surface area contributed by atoms with Gasteiger partial charge in [-0.2, -0.15) is 11.8 Å². The fourth-order valence-electron chi connectivity index (χ4n) is 2.34. The Hall–Kier alpha value is -2.82. The van der Waals surface area contributed by atoms with Crippen LogP contribution in [-0.4, -0.2) is 62.1 Å². The zero-order valence-electron chi connectivity index (χ0n) is 16.0. The standard InChI is InChI=1S/C18H25N3O7S/c1-2-12-9-11(5-7-19-12)10-29-8-6-14(17(26)27)21-18(28)20-13(16(24)25)3-4-15(22)23/h5,7,9,13-14H,2-4,6,8,10H2,1H3,(H,22,23)(H,24,25)(H,26,27)(H2,20,21,28). The Kier molecular flexibility index (Phi) is 10.5. The molecule has 0 fully saturated rings. The van der Waals surface area contributed by atoms with E-state index in [1.54, 1.807) is 6.20 Å². The number of hydrogen-bond donors (Lipinski definition) is 5. The van der Waals surface area contributed by atoms with Gasteiger partial charge in [-0.25, -0.2) is 14.4 Å². The lowest BCUT2D eigenvalue weighted by molar-refractivity contribution is -0.140. The molecule has 0 aliphatic carbocycles. The lowest BCUT2D eigenvalue weighted by Gasteiger charge is -2.18. The summed E-state index contributed by atoms with van der Waals surface area (Å²) in [6, 6.07) is 0.281. The van der Waals surface area contributed by atoms with Crippen LogP contribution in [0.5, 0.6) is 0 Å². The van der Waals surface area contributed by atoms with Crippen molar-refractivity contribution in [3.63, 3.8) is 0 Å². The van der Waals surface area contributed by atoms with Gasteiger partial charge in [0.2, 0.25) is 0 Å². The molecule has 0 saturated heterocycles. The Labute approximate surface area is 172 Å². The van der Waals surface area contributed by atoms with Gasteiger partial charge in [-0.15, -0.1) is 0 Å². The number of nitrogens with zero attached hydrogens (tertiary/aromatic N) is 1. The Morgan fingerprint density at radius 1 is 1.07 bits per heavy atom. The topological polar surface area (TPSA) is 166 Å². The second-order valence-corrected chi connectivity index (χ2v) is 7.29. The highest BCUT2D eigenvalue weighted by molar-refractivity contribution is 7.98. The highest BCUT2D eigenvalue weighted by Crippen LogP contribution is 2.15. The third kappa shape index (κ3) is 9.79. The zero-order chi connectivity index (χ0) is 21.8. The second kappa shape index (κ2) is 12.6. The highest BCUT2D eigenvalue weighted by Gasteiger charge is 2.24. The smallest absolute Gasteiger partial charge is 0.326 e. The molecule has 2 atom stereocenters. The molecule has 0 saturated carbocycles. The van der Waals surface area contributed by atoms with Crippen molar-refractivity contribution in [2.45, 2.75) is 50.4 Å². The molecule has 1 heterocycles. The summed E-state index contributed by atoms with van der Waals surface area (Å²) in [4.78, 5) is 49.2. The monoisotopic (exact) mass is 427 g/mol. The van der Waals surface area contributed by atoms with Crippen molar-refractivity contribution in [1.82, 2.24) is 15.6 Å². The first-order valence-electron chi connectivity index (χ1n) is 8.98. The molecule has 0 bridgehead atoms. The molecule has 160 valence electrons. The van der Waals surface area contributed by atoms with E-state index in [1.165, 1.54) is 11.8 Å². The first kappa shape index (κ1) is 24.2. The minimum atomic E-state index is -1.42. The summed E-state index contributed by atoms with van der Waals surface area (Å²) in [5.41, 5.74) is 2.04. The number of aliphatic carboxylic acids is 3. The molecule has 29 heavy (non-hydrogen) atoms. The summed E-state index contributed by atoms with van der Waals surface area (Å²) < 4.78 is 0. The second-order valence-electron chi connectivity index (χ2n) is 6.18. The maximum absolute atomic E-state index is 11.9. The average molecular weight is 427 g/mol. The van der Waals surface area contributed by atoms with Gasteiger partial charge in [-0.1, -0.05) is 6.92 Å². The van der Waals surface area contributed by atoms with E-state index in [0.29, 0.717) is 11.5 Å². The molecule has 1 aromatic rings. The lowest BCUT2D eigenvalue weighted by Crippen LogP contribution is -2.51. The molecule has 0 radical (unpaired) electrons. The molecule has 0 aliphatic rings. The van der Waals surface area contributed by atoms with Gasteiger partial charge in [0.05, 0.1) is 0 Å². The molecule has 1 aromatic heterocycles. The van der Waals surface area contributed by atoms with E-state index in [2.05, 4.69) is 15.6 Å². The predicted molar refractivity (Wildman–Crippen MR) is 106 cm³/mol. The summed E-state index contributed by atoms with van der Waals surface area (Å²) in [5, 5.41) is 31.3. The maximum atomic E-state index is 11.9. The van der Waals surface area contributed by atoms with Crippen LogP contribution in [0.15, 0.2) is 18.3 Å². The van der Waals surface area contributed by atoms with E-state index in [9.17, 15) is 24.3 Å². The number of thioether (sulfide) groups is 1. The average Bonchev–Trinajstić information content (AvgIpc) is 2.67. The van der Waals surface area contributed by atoms with E-state index in [-0.39, 0.29) is 12.8 Å². The molecule has 1 rings (SSSR count). The number of aromatic nitrogens is 1. The molecule has 5 N–H and O–H groups in total. The van der Waals surface area contributed by atoms with Crippen molar-refractivity contribution in [3.8, 4) is 0 Å². The van der Waals surface area contributed by atoms with E-state index < -0.39 is 42.4 Å². The quantitative estimate of drug-likeness (QED) is 0.292.